The van der Waals surface area contributed by atoms with Crippen LogP contribution in [0.4, 0.5) is 11.4 Å². The van der Waals surface area contributed by atoms with E-state index < -0.39 is 0 Å². The summed E-state index contributed by atoms with van der Waals surface area (Å²) in [6.45, 7) is 4.87. The fraction of sp³-hybridized carbons (Fsp3) is 0.409. The molecule has 0 atom stereocenters. The molecule has 2 aliphatic rings. The van der Waals surface area contributed by atoms with Crippen molar-refractivity contribution < 1.29 is 9.90 Å². The van der Waals surface area contributed by atoms with Gasteiger partial charge in [0, 0.05) is 32.7 Å². The van der Waals surface area contributed by atoms with E-state index >= 15 is 0 Å². The minimum absolute atomic E-state index is 0.132. The predicted octanol–water partition coefficient (Wildman–Crippen LogP) is 2.06. The molecule has 0 radical (unpaired) electrons. The predicted molar refractivity (Wildman–Crippen MR) is 107 cm³/mol. The standard InChI is InChI=1S/C22H27N3O2/c26-16-15-23-11-13-24(14-12-23)17-22(27)25-20-7-3-1-5-18(20)9-10-19-6-2-4-8-21(19)25/h1-8,26H,9-17H2. The molecular weight excluding hydrogens is 338 g/mol. The molecule has 0 saturated carbocycles. The van der Waals surface area contributed by atoms with Gasteiger partial charge in [-0.05, 0) is 36.1 Å². The van der Waals surface area contributed by atoms with Gasteiger partial charge in [0.2, 0.25) is 5.91 Å². The van der Waals surface area contributed by atoms with Gasteiger partial charge in [-0.15, -0.1) is 0 Å². The van der Waals surface area contributed by atoms with Crippen molar-refractivity contribution in [2.75, 3.05) is 50.8 Å². The summed E-state index contributed by atoms with van der Waals surface area (Å²) in [5, 5.41) is 9.10. The number of hydrogen-bond donors (Lipinski definition) is 1. The number of β-amino-alcohol motifs (C(OH)–C–C–N with tert-alkyl or cyclic N) is 1. The molecule has 0 unspecified atom stereocenters. The molecule has 0 bridgehead atoms. The molecule has 1 N–H and O–H groups in total. The highest BCUT2D eigenvalue weighted by atomic mass is 16.3. The minimum atomic E-state index is 0.132. The van der Waals surface area contributed by atoms with Gasteiger partial charge in [0.25, 0.3) is 0 Å². The van der Waals surface area contributed by atoms with Crippen molar-refractivity contribution >= 4 is 17.3 Å². The Balaban J connectivity index is 1.56. The van der Waals surface area contributed by atoms with Crippen molar-refractivity contribution in [1.82, 2.24) is 9.80 Å². The van der Waals surface area contributed by atoms with E-state index in [1.807, 2.05) is 17.0 Å². The van der Waals surface area contributed by atoms with Gasteiger partial charge in [0.1, 0.15) is 0 Å². The molecular formula is C22H27N3O2. The number of nitrogens with zero attached hydrogens (tertiary/aromatic N) is 3. The van der Waals surface area contributed by atoms with Gasteiger partial charge >= 0.3 is 0 Å². The van der Waals surface area contributed by atoms with E-state index in [0.717, 1.165) is 50.4 Å². The zero-order valence-corrected chi connectivity index (χ0v) is 15.7. The molecule has 2 heterocycles. The number of aliphatic hydroxyl groups excluding tert-OH is 1. The molecule has 142 valence electrons. The molecule has 1 saturated heterocycles. The molecule has 0 spiro atoms. The van der Waals surface area contributed by atoms with Crippen LogP contribution in [0.1, 0.15) is 11.1 Å². The van der Waals surface area contributed by atoms with Crippen LogP contribution >= 0.6 is 0 Å². The second-order valence-corrected chi connectivity index (χ2v) is 7.33. The lowest BCUT2D eigenvalue weighted by Gasteiger charge is -2.35. The highest BCUT2D eigenvalue weighted by Crippen LogP contribution is 2.36. The third-order valence-corrected chi connectivity index (χ3v) is 5.62. The maximum absolute atomic E-state index is 13.4. The SMILES string of the molecule is O=C(CN1CCN(CCO)CC1)N1c2ccccc2CCc2ccccc21. The third-order valence-electron chi connectivity index (χ3n) is 5.62. The molecule has 5 nitrogen and oxygen atoms in total. The lowest BCUT2D eigenvalue weighted by atomic mass is 10.0. The average Bonchev–Trinajstić information content (AvgIpc) is 2.86. The Morgan fingerprint density at radius 2 is 1.33 bits per heavy atom. The van der Waals surface area contributed by atoms with Crippen molar-refractivity contribution in [3.63, 3.8) is 0 Å². The van der Waals surface area contributed by atoms with Crippen molar-refractivity contribution in [2.45, 2.75) is 12.8 Å². The van der Waals surface area contributed by atoms with Crippen LogP contribution in [0.2, 0.25) is 0 Å². The fourth-order valence-corrected chi connectivity index (χ4v) is 4.12. The molecule has 2 aromatic carbocycles. The zero-order chi connectivity index (χ0) is 18.6. The second kappa shape index (κ2) is 8.21. The first-order valence-electron chi connectivity index (χ1n) is 9.80. The van der Waals surface area contributed by atoms with E-state index in [4.69, 9.17) is 5.11 Å². The van der Waals surface area contributed by atoms with E-state index in [2.05, 4.69) is 46.2 Å². The van der Waals surface area contributed by atoms with Crippen molar-refractivity contribution in [1.29, 1.82) is 0 Å². The van der Waals surface area contributed by atoms with Gasteiger partial charge in [0.15, 0.2) is 0 Å². The topological polar surface area (TPSA) is 47.0 Å². The summed E-state index contributed by atoms with van der Waals surface area (Å²) in [6, 6.07) is 16.5. The number of para-hydroxylation sites is 2. The summed E-state index contributed by atoms with van der Waals surface area (Å²) in [5.74, 6) is 0.132. The molecule has 2 aliphatic heterocycles. The van der Waals surface area contributed by atoms with E-state index in [-0.39, 0.29) is 12.5 Å². The van der Waals surface area contributed by atoms with Gasteiger partial charge in [-0.2, -0.15) is 0 Å². The first-order chi connectivity index (χ1) is 13.3. The number of amides is 1. The van der Waals surface area contributed by atoms with E-state index in [0.29, 0.717) is 13.1 Å². The number of fused-ring (bicyclic) bond motifs is 2. The number of carbonyl (C=O) groups excluding carboxylic acids is 1. The maximum Gasteiger partial charge on any atom is 0.245 e. The quantitative estimate of drug-likeness (QED) is 0.901. The van der Waals surface area contributed by atoms with Crippen LogP contribution in [0, 0.1) is 0 Å². The first kappa shape index (κ1) is 18.2. The van der Waals surface area contributed by atoms with Crippen molar-refractivity contribution in [3.8, 4) is 0 Å². The van der Waals surface area contributed by atoms with Crippen LogP contribution in [-0.4, -0.2) is 66.7 Å². The summed E-state index contributed by atoms with van der Waals surface area (Å²) in [7, 11) is 0. The van der Waals surface area contributed by atoms with Crippen LogP contribution in [0.5, 0.6) is 0 Å². The van der Waals surface area contributed by atoms with E-state index in [1.54, 1.807) is 0 Å². The van der Waals surface area contributed by atoms with Crippen LogP contribution < -0.4 is 4.90 Å². The molecule has 2 aromatic rings. The van der Waals surface area contributed by atoms with Gasteiger partial charge in [-0.3, -0.25) is 19.5 Å². The van der Waals surface area contributed by atoms with E-state index in [9.17, 15) is 4.79 Å². The van der Waals surface area contributed by atoms with Crippen molar-refractivity contribution in [3.05, 3.63) is 59.7 Å². The Morgan fingerprint density at radius 3 is 1.89 bits per heavy atom. The average molecular weight is 365 g/mol. The minimum Gasteiger partial charge on any atom is -0.395 e. The molecule has 1 fully saturated rings. The third kappa shape index (κ3) is 3.90. The van der Waals surface area contributed by atoms with Gasteiger partial charge in [-0.1, -0.05) is 36.4 Å². The molecule has 27 heavy (non-hydrogen) atoms. The number of aryl methyl sites for hydroxylation is 2. The molecule has 5 heteroatoms. The molecule has 1 amide bonds. The van der Waals surface area contributed by atoms with E-state index in [1.165, 1.54) is 11.1 Å². The van der Waals surface area contributed by atoms with Crippen LogP contribution in [0.3, 0.4) is 0 Å². The highest BCUT2D eigenvalue weighted by molar-refractivity contribution is 6.03. The summed E-state index contributed by atoms with van der Waals surface area (Å²) in [5.41, 5.74) is 4.50. The maximum atomic E-state index is 13.4. The fourth-order valence-electron chi connectivity index (χ4n) is 4.12. The normalized spacial score (nSPS) is 17.9. The molecule has 0 aliphatic carbocycles. The molecule has 0 aromatic heterocycles. The largest absolute Gasteiger partial charge is 0.395 e. The Kier molecular flexibility index (Phi) is 5.53. The highest BCUT2D eigenvalue weighted by Gasteiger charge is 2.27. The Morgan fingerprint density at radius 1 is 0.815 bits per heavy atom. The summed E-state index contributed by atoms with van der Waals surface area (Å²) in [4.78, 5) is 19.8. The number of anilines is 2. The van der Waals surface area contributed by atoms with Gasteiger partial charge < -0.3 is 5.11 Å². The number of piperazine rings is 1. The Bertz CT molecular complexity index is 752. The number of hydrogen-bond acceptors (Lipinski definition) is 4. The molecule has 4 rings (SSSR count). The Hall–Kier alpha value is -2.21. The van der Waals surface area contributed by atoms with Gasteiger partial charge in [-0.25, -0.2) is 0 Å². The van der Waals surface area contributed by atoms with Gasteiger partial charge in [0.05, 0.1) is 24.5 Å². The second-order valence-electron chi connectivity index (χ2n) is 7.33. The van der Waals surface area contributed by atoms with Crippen LogP contribution in [0.25, 0.3) is 0 Å². The van der Waals surface area contributed by atoms with Crippen molar-refractivity contribution in [2.24, 2.45) is 0 Å². The zero-order valence-electron chi connectivity index (χ0n) is 15.7. The number of benzene rings is 2. The van der Waals surface area contributed by atoms with Crippen LogP contribution in [0.15, 0.2) is 48.5 Å². The number of aliphatic hydroxyl groups is 1. The summed E-state index contributed by atoms with van der Waals surface area (Å²) < 4.78 is 0. The monoisotopic (exact) mass is 365 g/mol. The summed E-state index contributed by atoms with van der Waals surface area (Å²) in [6.07, 6.45) is 1.91. The number of carbonyl (C=O) groups is 1. The number of rotatable bonds is 4. The smallest absolute Gasteiger partial charge is 0.245 e. The Labute approximate surface area is 160 Å². The first-order valence-corrected chi connectivity index (χ1v) is 9.80. The van der Waals surface area contributed by atoms with Crippen LogP contribution in [-0.2, 0) is 17.6 Å². The summed E-state index contributed by atoms with van der Waals surface area (Å²) >= 11 is 0. The lowest BCUT2D eigenvalue weighted by Crippen LogP contribution is -2.50. The lowest BCUT2D eigenvalue weighted by molar-refractivity contribution is -0.119.